The van der Waals surface area contributed by atoms with Crippen LogP contribution in [0.5, 0.6) is 0 Å². The molecule has 1 saturated heterocycles. The molecule has 248 valence electrons. The Morgan fingerprint density at radius 1 is 0.353 bits per heavy atom. The number of nitrogens with zero attached hydrogens (tertiary/aromatic N) is 3. The number of rotatable bonds is 7. The minimum Gasteiger partial charge on any atom is -0.399 e. The van der Waals surface area contributed by atoms with E-state index in [0.717, 1.165) is 50.0 Å². The Morgan fingerprint density at radius 3 is 1.24 bits per heavy atom. The van der Waals surface area contributed by atoms with Gasteiger partial charge in [0.1, 0.15) is 0 Å². The third kappa shape index (κ3) is 6.64. The molecule has 2 heterocycles. The second kappa shape index (κ2) is 13.2. The van der Waals surface area contributed by atoms with Gasteiger partial charge in [-0.05, 0) is 78.7 Å². The van der Waals surface area contributed by atoms with Crippen LogP contribution in [-0.2, 0) is 9.31 Å². The summed E-state index contributed by atoms with van der Waals surface area (Å²) >= 11 is 0. The highest BCUT2D eigenvalue weighted by molar-refractivity contribution is 6.62. The quantitative estimate of drug-likeness (QED) is 0.159. The SMILES string of the molecule is CC1(C)OB(c2ccc(-c3cccc(-c4cccc(-c5nc(-c6ccccc6)nc(-c6ccc(-c7ccccc7)cc6)n5)c4)c3)cc2)OC1(C)C. The van der Waals surface area contributed by atoms with E-state index in [1.807, 2.05) is 36.4 Å². The largest absolute Gasteiger partial charge is 0.494 e. The van der Waals surface area contributed by atoms with Crippen molar-refractivity contribution in [1.29, 1.82) is 0 Å². The first-order valence-corrected chi connectivity index (χ1v) is 17.4. The Bertz CT molecular complexity index is 2290. The van der Waals surface area contributed by atoms with E-state index >= 15 is 0 Å². The van der Waals surface area contributed by atoms with Crippen molar-refractivity contribution in [2.45, 2.75) is 38.9 Å². The van der Waals surface area contributed by atoms with Crippen LogP contribution in [0.2, 0.25) is 0 Å². The van der Waals surface area contributed by atoms with E-state index in [1.54, 1.807) is 0 Å². The van der Waals surface area contributed by atoms with Gasteiger partial charge in [0.25, 0.3) is 0 Å². The molecule has 1 fully saturated rings. The molecule has 0 N–H and O–H groups in total. The first kappa shape index (κ1) is 32.5. The molecule has 0 radical (unpaired) electrons. The standard InChI is InChI=1S/C45H38BN3O2/c1-44(2)45(3,4)51-46(50-44)40-27-25-33(26-28-40)36-17-11-18-37(29-36)38-19-12-20-39(30-38)43-48-41(34-15-9-6-10-16-34)47-42(49-43)35-23-21-32(22-24-35)31-13-7-5-8-14-31/h5-30H,1-4H3. The monoisotopic (exact) mass is 663 g/mol. The van der Waals surface area contributed by atoms with Crippen molar-refractivity contribution in [2.24, 2.45) is 0 Å². The third-order valence-corrected chi connectivity index (χ3v) is 10.0. The van der Waals surface area contributed by atoms with E-state index in [2.05, 4.69) is 149 Å². The van der Waals surface area contributed by atoms with Gasteiger partial charge in [0.15, 0.2) is 17.5 Å². The molecular weight excluding hydrogens is 625 g/mol. The van der Waals surface area contributed by atoms with Crippen LogP contribution in [0.15, 0.2) is 158 Å². The number of hydrogen-bond acceptors (Lipinski definition) is 5. The first-order valence-electron chi connectivity index (χ1n) is 17.4. The molecule has 0 bridgehead atoms. The fourth-order valence-corrected chi connectivity index (χ4v) is 6.32. The molecule has 0 aliphatic carbocycles. The van der Waals surface area contributed by atoms with Crippen molar-refractivity contribution >= 4 is 12.6 Å². The lowest BCUT2D eigenvalue weighted by molar-refractivity contribution is 0.00578. The third-order valence-electron chi connectivity index (χ3n) is 10.0. The summed E-state index contributed by atoms with van der Waals surface area (Å²) in [5.74, 6) is 1.90. The van der Waals surface area contributed by atoms with Crippen molar-refractivity contribution in [2.75, 3.05) is 0 Å². The lowest BCUT2D eigenvalue weighted by Gasteiger charge is -2.32. The van der Waals surface area contributed by atoms with Crippen LogP contribution in [0.25, 0.3) is 67.5 Å². The van der Waals surface area contributed by atoms with Gasteiger partial charge >= 0.3 is 7.12 Å². The van der Waals surface area contributed by atoms with Crippen molar-refractivity contribution < 1.29 is 9.31 Å². The van der Waals surface area contributed by atoms with Crippen LogP contribution in [0, 0.1) is 0 Å². The van der Waals surface area contributed by atoms with Gasteiger partial charge in [-0.25, -0.2) is 15.0 Å². The Kier molecular flexibility index (Phi) is 8.43. The van der Waals surface area contributed by atoms with Gasteiger partial charge < -0.3 is 9.31 Å². The molecule has 8 rings (SSSR count). The maximum absolute atomic E-state index is 6.27. The van der Waals surface area contributed by atoms with Crippen LogP contribution in [0.1, 0.15) is 27.7 Å². The molecule has 51 heavy (non-hydrogen) atoms. The van der Waals surface area contributed by atoms with Gasteiger partial charge in [-0.1, -0.05) is 146 Å². The molecule has 1 aliphatic rings. The Labute approximate surface area is 300 Å². The summed E-state index contributed by atoms with van der Waals surface area (Å²) in [7, 11) is -0.384. The van der Waals surface area contributed by atoms with Crippen molar-refractivity contribution in [3.63, 3.8) is 0 Å². The summed E-state index contributed by atoms with van der Waals surface area (Å²) in [6.07, 6.45) is 0. The molecule has 6 heteroatoms. The van der Waals surface area contributed by atoms with Gasteiger partial charge in [-0.15, -0.1) is 0 Å². The zero-order chi connectivity index (χ0) is 35.0. The molecule has 0 unspecified atom stereocenters. The fourth-order valence-electron chi connectivity index (χ4n) is 6.32. The van der Waals surface area contributed by atoms with Crippen LogP contribution in [0.4, 0.5) is 0 Å². The zero-order valence-corrected chi connectivity index (χ0v) is 29.2. The van der Waals surface area contributed by atoms with E-state index in [0.29, 0.717) is 17.5 Å². The number of aromatic nitrogens is 3. The fraction of sp³-hybridized carbons (Fsp3) is 0.133. The van der Waals surface area contributed by atoms with Crippen molar-refractivity contribution in [3.05, 3.63) is 158 Å². The Balaban J connectivity index is 1.11. The highest BCUT2D eigenvalue weighted by Gasteiger charge is 2.51. The van der Waals surface area contributed by atoms with E-state index in [-0.39, 0.29) is 18.3 Å². The van der Waals surface area contributed by atoms with Gasteiger partial charge in [-0.2, -0.15) is 0 Å². The maximum atomic E-state index is 6.27. The summed E-state index contributed by atoms with van der Waals surface area (Å²) in [4.78, 5) is 14.9. The zero-order valence-electron chi connectivity index (χ0n) is 29.2. The lowest BCUT2D eigenvalue weighted by atomic mass is 9.78. The topological polar surface area (TPSA) is 57.1 Å². The van der Waals surface area contributed by atoms with E-state index in [9.17, 15) is 0 Å². The van der Waals surface area contributed by atoms with Gasteiger partial charge in [-0.3, -0.25) is 0 Å². The molecular formula is C45H38BN3O2. The molecule has 7 aromatic rings. The average Bonchev–Trinajstić information content (AvgIpc) is 3.41. The highest BCUT2D eigenvalue weighted by atomic mass is 16.7. The molecule has 6 aromatic carbocycles. The minimum atomic E-state index is -0.384. The number of benzene rings is 6. The second-order valence-corrected chi connectivity index (χ2v) is 14.0. The van der Waals surface area contributed by atoms with Crippen LogP contribution >= 0.6 is 0 Å². The lowest BCUT2D eigenvalue weighted by Crippen LogP contribution is -2.41. The van der Waals surface area contributed by atoms with Crippen LogP contribution in [-0.4, -0.2) is 33.3 Å². The van der Waals surface area contributed by atoms with Gasteiger partial charge in [0.05, 0.1) is 11.2 Å². The molecule has 1 aromatic heterocycles. The Morgan fingerprint density at radius 2 is 0.686 bits per heavy atom. The average molecular weight is 664 g/mol. The normalized spacial score (nSPS) is 14.8. The predicted octanol–water partition coefficient (Wildman–Crippen LogP) is 10.2. The van der Waals surface area contributed by atoms with Gasteiger partial charge in [0.2, 0.25) is 0 Å². The van der Waals surface area contributed by atoms with E-state index in [1.165, 1.54) is 5.56 Å². The summed E-state index contributed by atoms with van der Waals surface area (Å²) in [5, 5.41) is 0. The van der Waals surface area contributed by atoms with Gasteiger partial charge in [0, 0.05) is 16.7 Å². The molecule has 0 amide bonds. The number of hydrogen-bond donors (Lipinski definition) is 0. The molecule has 0 saturated carbocycles. The highest BCUT2D eigenvalue weighted by Crippen LogP contribution is 2.37. The van der Waals surface area contributed by atoms with Crippen molar-refractivity contribution in [3.8, 4) is 67.5 Å². The molecule has 0 atom stereocenters. The molecule has 5 nitrogen and oxygen atoms in total. The van der Waals surface area contributed by atoms with Crippen LogP contribution < -0.4 is 5.46 Å². The minimum absolute atomic E-state index is 0.376. The van der Waals surface area contributed by atoms with E-state index < -0.39 is 0 Å². The smallest absolute Gasteiger partial charge is 0.399 e. The first-order chi connectivity index (χ1) is 24.7. The van der Waals surface area contributed by atoms with E-state index in [4.69, 9.17) is 24.3 Å². The summed E-state index contributed by atoms with van der Waals surface area (Å²) in [5.41, 5.74) is 9.83. The molecule has 0 spiro atoms. The Hall–Kier alpha value is -5.69. The molecule has 1 aliphatic heterocycles. The second-order valence-electron chi connectivity index (χ2n) is 14.0. The van der Waals surface area contributed by atoms with Crippen LogP contribution in [0.3, 0.4) is 0 Å². The summed E-state index contributed by atoms with van der Waals surface area (Å²) in [6, 6.07) is 54.4. The van der Waals surface area contributed by atoms with Crippen molar-refractivity contribution in [1.82, 2.24) is 15.0 Å². The maximum Gasteiger partial charge on any atom is 0.494 e. The summed E-state index contributed by atoms with van der Waals surface area (Å²) in [6.45, 7) is 8.31. The summed E-state index contributed by atoms with van der Waals surface area (Å²) < 4.78 is 12.5. The predicted molar refractivity (Wildman–Crippen MR) is 208 cm³/mol.